The quantitative estimate of drug-likeness (QED) is 0.623. The van der Waals surface area contributed by atoms with Crippen molar-refractivity contribution in [2.75, 3.05) is 31.1 Å². The number of benzene rings is 1. The lowest BCUT2D eigenvalue weighted by molar-refractivity contribution is 0.315. The minimum absolute atomic E-state index is 0.372. The molecule has 1 unspecified atom stereocenters. The van der Waals surface area contributed by atoms with Gasteiger partial charge in [0, 0.05) is 44.0 Å². The third-order valence-electron chi connectivity index (χ3n) is 5.25. The maximum absolute atomic E-state index is 5.76. The van der Waals surface area contributed by atoms with Crippen molar-refractivity contribution in [2.45, 2.75) is 26.3 Å². The number of nitrogens with one attached hydrogen (secondary N) is 1. The average molecular weight is 396 g/mol. The number of nitrogens with zero attached hydrogens (tertiary/aromatic N) is 4. The van der Waals surface area contributed by atoms with Gasteiger partial charge in [-0.25, -0.2) is 0 Å². The van der Waals surface area contributed by atoms with Gasteiger partial charge >= 0.3 is 0 Å². The van der Waals surface area contributed by atoms with Crippen molar-refractivity contribution in [3.8, 4) is 5.75 Å². The van der Waals surface area contributed by atoms with Crippen LogP contribution in [0.15, 0.2) is 47.7 Å². The number of pyridine rings is 1. The van der Waals surface area contributed by atoms with Crippen LogP contribution in [0.25, 0.3) is 0 Å². The lowest BCUT2D eigenvalue weighted by Crippen LogP contribution is -2.55. The fraction of sp³-hybridized carbons (Fsp3) is 0.381. The number of para-hydroxylation sites is 1. The number of ether oxygens (including phenoxy) is 1. The highest BCUT2D eigenvalue weighted by Gasteiger charge is 2.26. The van der Waals surface area contributed by atoms with E-state index in [0.29, 0.717) is 17.8 Å². The molecule has 0 saturated carbocycles. The SMILES string of the molecule is Cc1ccnc2c1OCC/C2=N/NC(=S)N1CCN(c2ccccc2)C(C)C1. The molecule has 1 atom stereocenters. The second-order valence-corrected chi connectivity index (χ2v) is 7.59. The summed E-state index contributed by atoms with van der Waals surface area (Å²) in [5.74, 6) is 0.824. The van der Waals surface area contributed by atoms with E-state index in [-0.39, 0.29) is 0 Å². The van der Waals surface area contributed by atoms with Crippen molar-refractivity contribution in [2.24, 2.45) is 5.10 Å². The molecular weight excluding hydrogens is 370 g/mol. The molecule has 2 aliphatic heterocycles. The summed E-state index contributed by atoms with van der Waals surface area (Å²) in [5, 5.41) is 5.23. The molecule has 6 nitrogen and oxygen atoms in total. The van der Waals surface area contributed by atoms with Crippen molar-refractivity contribution >= 4 is 28.7 Å². The molecule has 1 aromatic heterocycles. The zero-order valence-electron chi connectivity index (χ0n) is 16.3. The van der Waals surface area contributed by atoms with Crippen molar-refractivity contribution in [1.82, 2.24) is 15.3 Å². The fourth-order valence-corrected chi connectivity index (χ4v) is 3.95. The summed E-state index contributed by atoms with van der Waals surface area (Å²) in [5.41, 5.74) is 7.12. The number of hydrazone groups is 1. The van der Waals surface area contributed by atoms with E-state index in [1.165, 1.54) is 5.69 Å². The Morgan fingerprint density at radius 1 is 1.25 bits per heavy atom. The van der Waals surface area contributed by atoms with E-state index < -0.39 is 0 Å². The monoisotopic (exact) mass is 395 g/mol. The zero-order chi connectivity index (χ0) is 19.5. The Kier molecular flexibility index (Phi) is 5.43. The first-order chi connectivity index (χ1) is 13.6. The molecule has 28 heavy (non-hydrogen) atoms. The van der Waals surface area contributed by atoms with Crippen LogP contribution in [0, 0.1) is 6.92 Å². The zero-order valence-corrected chi connectivity index (χ0v) is 17.1. The summed E-state index contributed by atoms with van der Waals surface area (Å²) in [6, 6.07) is 12.9. The van der Waals surface area contributed by atoms with Gasteiger partial charge in [-0.1, -0.05) is 18.2 Å². The van der Waals surface area contributed by atoms with Crippen LogP contribution in [-0.2, 0) is 0 Å². The summed E-state index contributed by atoms with van der Waals surface area (Å²) in [6.07, 6.45) is 2.51. The summed E-state index contributed by atoms with van der Waals surface area (Å²) < 4.78 is 5.76. The third kappa shape index (κ3) is 3.80. The van der Waals surface area contributed by atoms with E-state index in [9.17, 15) is 0 Å². The van der Waals surface area contributed by atoms with Crippen LogP contribution < -0.4 is 15.1 Å². The van der Waals surface area contributed by atoms with Crippen LogP contribution >= 0.6 is 12.2 Å². The van der Waals surface area contributed by atoms with Crippen molar-refractivity contribution in [3.05, 3.63) is 53.9 Å². The van der Waals surface area contributed by atoms with Gasteiger partial charge in [0.2, 0.25) is 0 Å². The summed E-state index contributed by atoms with van der Waals surface area (Å²) in [4.78, 5) is 9.06. The minimum atomic E-state index is 0.372. The highest BCUT2D eigenvalue weighted by Crippen LogP contribution is 2.26. The fourth-order valence-electron chi connectivity index (χ4n) is 3.74. The normalized spacial score (nSPS) is 20.5. The average Bonchev–Trinajstić information content (AvgIpc) is 2.73. The Bertz CT molecular complexity index is 886. The number of aromatic nitrogens is 1. The van der Waals surface area contributed by atoms with Gasteiger partial charge in [0.05, 0.1) is 12.3 Å². The number of anilines is 1. The molecule has 1 fully saturated rings. The van der Waals surface area contributed by atoms with E-state index in [4.69, 9.17) is 17.0 Å². The topological polar surface area (TPSA) is 53.0 Å². The van der Waals surface area contributed by atoms with Gasteiger partial charge in [-0.2, -0.15) is 5.10 Å². The Morgan fingerprint density at radius 2 is 2.07 bits per heavy atom. The number of aryl methyl sites for hydroxylation is 1. The number of thiocarbonyl (C=S) groups is 1. The van der Waals surface area contributed by atoms with Crippen LogP contribution in [0.1, 0.15) is 24.6 Å². The number of hydrogen-bond acceptors (Lipinski definition) is 5. The molecule has 0 spiro atoms. The van der Waals surface area contributed by atoms with Gasteiger partial charge in [0.1, 0.15) is 11.4 Å². The van der Waals surface area contributed by atoms with Crippen LogP contribution in [0.2, 0.25) is 0 Å². The van der Waals surface area contributed by atoms with Gasteiger partial charge in [0.25, 0.3) is 0 Å². The standard InChI is InChI=1S/C21H25N5OS/c1-15-8-10-22-19-18(9-13-27-20(15)19)23-24-21(28)25-11-12-26(16(2)14-25)17-6-4-3-5-7-17/h3-8,10,16H,9,11-14H2,1-2H3,(H,24,28)/b23-18-. The van der Waals surface area contributed by atoms with Crippen LogP contribution in [0.5, 0.6) is 5.75 Å². The number of fused-ring (bicyclic) bond motifs is 1. The van der Waals surface area contributed by atoms with E-state index in [2.05, 4.69) is 56.5 Å². The molecule has 2 aromatic rings. The van der Waals surface area contributed by atoms with E-state index in [0.717, 1.165) is 48.8 Å². The van der Waals surface area contributed by atoms with Gasteiger partial charge in [0.15, 0.2) is 5.11 Å². The summed E-state index contributed by atoms with van der Waals surface area (Å²) in [7, 11) is 0. The number of hydrogen-bond donors (Lipinski definition) is 1. The second-order valence-electron chi connectivity index (χ2n) is 7.20. The number of rotatable bonds is 2. The van der Waals surface area contributed by atoms with Crippen LogP contribution in [0.4, 0.5) is 5.69 Å². The van der Waals surface area contributed by atoms with Crippen LogP contribution in [0.3, 0.4) is 0 Å². The molecule has 4 rings (SSSR count). The molecular formula is C21H25N5OS. The van der Waals surface area contributed by atoms with E-state index in [1.54, 1.807) is 6.20 Å². The number of piperazine rings is 1. The molecule has 1 aromatic carbocycles. The molecule has 1 saturated heterocycles. The Morgan fingerprint density at radius 3 is 2.86 bits per heavy atom. The second kappa shape index (κ2) is 8.14. The van der Waals surface area contributed by atoms with Crippen LogP contribution in [-0.4, -0.2) is 53.0 Å². The Hall–Kier alpha value is -2.67. The van der Waals surface area contributed by atoms with Crippen molar-refractivity contribution in [3.63, 3.8) is 0 Å². The lowest BCUT2D eigenvalue weighted by atomic mass is 10.1. The highest BCUT2D eigenvalue weighted by atomic mass is 32.1. The maximum Gasteiger partial charge on any atom is 0.189 e. The molecule has 146 valence electrons. The largest absolute Gasteiger partial charge is 0.491 e. The van der Waals surface area contributed by atoms with Crippen molar-refractivity contribution < 1.29 is 4.74 Å². The molecule has 3 heterocycles. The van der Waals surface area contributed by atoms with Gasteiger partial charge in [-0.15, -0.1) is 0 Å². The molecule has 1 N–H and O–H groups in total. The first-order valence-corrected chi connectivity index (χ1v) is 10.1. The molecule has 0 radical (unpaired) electrons. The first-order valence-electron chi connectivity index (χ1n) is 9.65. The molecule has 2 aliphatic rings. The predicted octanol–water partition coefficient (Wildman–Crippen LogP) is 2.96. The van der Waals surface area contributed by atoms with Crippen molar-refractivity contribution in [1.29, 1.82) is 0 Å². The Labute approximate surface area is 171 Å². The smallest absolute Gasteiger partial charge is 0.189 e. The molecule has 0 aliphatic carbocycles. The Balaban J connectivity index is 1.41. The summed E-state index contributed by atoms with van der Waals surface area (Å²) >= 11 is 5.61. The minimum Gasteiger partial charge on any atom is -0.491 e. The van der Waals surface area contributed by atoms with Gasteiger partial charge in [-0.3, -0.25) is 10.4 Å². The van der Waals surface area contributed by atoms with Gasteiger partial charge < -0.3 is 14.5 Å². The highest BCUT2D eigenvalue weighted by molar-refractivity contribution is 7.80. The molecule has 0 amide bonds. The summed E-state index contributed by atoms with van der Waals surface area (Å²) in [6.45, 7) is 7.53. The molecule has 7 heteroatoms. The lowest BCUT2D eigenvalue weighted by Gasteiger charge is -2.42. The molecule has 0 bridgehead atoms. The first kappa shape index (κ1) is 18.7. The van der Waals surface area contributed by atoms with E-state index in [1.807, 2.05) is 19.1 Å². The predicted molar refractivity (Wildman–Crippen MR) is 116 cm³/mol. The maximum atomic E-state index is 5.76. The van der Waals surface area contributed by atoms with Gasteiger partial charge in [-0.05, 0) is 49.8 Å². The van der Waals surface area contributed by atoms with E-state index >= 15 is 0 Å². The third-order valence-corrected chi connectivity index (χ3v) is 5.60.